The first-order valence-electron chi connectivity index (χ1n) is 7.28. The van der Waals surface area contributed by atoms with Crippen LogP contribution < -0.4 is 15.4 Å². The fraction of sp³-hybridized carbons (Fsp3) is 0.533. The van der Waals surface area contributed by atoms with Crippen LogP contribution in [-0.4, -0.2) is 39.4 Å². The summed E-state index contributed by atoms with van der Waals surface area (Å²) in [7, 11) is 1.62. The van der Waals surface area contributed by atoms with Crippen LogP contribution >= 0.6 is 47.2 Å². The zero-order valence-corrected chi connectivity index (χ0v) is 17.6. The van der Waals surface area contributed by atoms with Crippen molar-refractivity contribution in [3.05, 3.63) is 27.7 Å². The Labute approximate surface area is 172 Å². The molecule has 1 heterocycles. The summed E-state index contributed by atoms with van der Waals surface area (Å²) in [6.07, 6.45) is 0. The zero-order chi connectivity index (χ0) is 17.7. The fourth-order valence-corrected chi connectivity index (χ4v) is 2.80. The highest BCUT2D eigenvalue weighted by atomic mass is 127. The van der Waals surface area contributed by atoms with Gasteiger partial charge < -0.3 is 20.1 Å². The van der Waals surface area contributed by atoms with E-state index in [4.69, 9.17) is 27.9 Å². The molecular formula is C15H20Cl2F2IN3O2. The van der Waals surface area contributed by atoms with Crippen molar-refractivity contribution in [2.45, 2.75) is 20.1 Å². The quantitative estimate of drug-likeness (QED) is 0.347. The monoisotopic (exact) mass is 509 g/mol. The van der Waals surface area contributed by atoms with Gasteiger partial charge in [-0.1, -0.05) is 30.1 Å². The van der Waals surface area contributed by atoms with Crippen LogP contribution in [0.25, 0.3) is 0 Å². The van der Waals surface area contributed by atoms with Gasteiger partial charge in [-0.05, 0) is 12.1 Å². The van der Waals surface area contributed by atoms with E-state index in [-0.39, 0.29) is 46.7 Å². The van der Waals surface area contributed by atoms with Gasteiger partial charge in [0.25, 0.3) is 0 Å². The largest absolute Gasteiger partial charge is 0.433 e. The van der Waals surface area contributed by atoms with E-state index in [1.165, 1.54) is 12.1 Å². The standard InChI is InChI=1S/C15H19Cl2F2N3O2.HI/c1-15(7-23-8-15)6-22-14(20-2)21-5-9-3-10(16)4-11(17)12(9)24-13(18)19;/h3-4,13H,5-8H2,1-2H3,(H2,20,21,22);1H. The summed E-state index contributed by atoms with van der Waals surface area (Å²) in [4.78, 5) is 4.10. The molecular weight excluding hydrogens is 490 g/mol. The maximum atomic E-state index is 12.6. The number of guanidine groups is 1. The Balaban J connectivity index is 0.00000312. The van der Waals surface area contributed by atoms with Gasteiger partial charge >= 0.3 is 6.61 Å². The number of hydrogen-bond donors (Lipinski definition) is 2. The predicted molar refractivity (Wildman–Crippen MR) is 106 cm³/mol. The molecule has 2 N–H and O–H groups in total. The van der Waals surface area contributed by atoms with Gasteiger partial charge in [0.2, 0.25) is 0 Å². The zero-order valence-electron chi connectivity index (χ0n) is 13.7. The summed E-state index contributed by atoms with van der Waals surface area (Å²) < 4.78 is 34.8. The minimum Gasteiger partial charge on any atom is -0.433 e. The second kappa shape index (κ2) is 9.94. The van der Waals surface area contributed by atoms with Gasteiger partial charge in [0, 0.05) is 36.1 Å². The highest BCUT2D eigenvalue weighted by Crippen LogP contribution is 2.33. The van der Waals surface area contributed by atoms with Gasteiger partial charge in [-0.2, -0.15) is 8.78 Å². The molecule has 2 rings (SSSR count). The van der Waals surface area contributed by atoms with Crippen LogP contribution in [-0.2, 0) is 11.3 Å². The van der Waals surface area contributed by atoms with Crippen molar-refractivity contribution < 1.29 is 18.3 Å². The van der Waals surface area contributed by atoms with Gasteiger partial charge in [0.15, 0.2) is 5.96 Å². The van der Waals surface area contributed by atoms with Crippen LogP contribution in [0, 0.1) is 5.41 Å². The van der Waals surface area contributed by atoms with Crippen molar-refractivity contribution in [3.8, 4) is 5.75 Å². The van der Waals surface area contributed by atoms with Crippen molar-refractivity contribution in [2.75, 3.05) is 26.8 Å². The maximum absolute atomic E-state index is 12.6. The summed E-state index contributed by atoms with van der Waals surface area (Å²) in [6.45, 7) is 1.36. The van der Waals surface area contributed by atoms with E-state index in [0.717, 1.165) is 0 Å². The molecule has 142 valence electrons. The Hall–Kier alpha value is -0.580. The van der Waals surface area contributed by atoms with Crippen molar-refractivity contribution in [1.29, 1.82) is 0 Å². The third-order valence-electron chi connectivity index (χ3n) is 3.55. The molecule has 0 radical (unpaired) electrons. The minimum atomic E-state index is -2.97. The van der Waals surface area contributed by atoms with Gasteiger partial charge in [-0.3, -0.25) is 4.99 Å². The summed E-state index contributed by atoms with van der Waals surface area (Å²) in [5, 5.41) is 6.57. The highest BCUT2D eigenvalue weighted by molar-refractivity contribution is 14.0. The number of benzene rings is 1. The number of hydrogen-bond acceptors (Lipinski definition) is 3. The summed E-state index contributed by atoms with van der Waals surface area (Å²) in [5.74, 6) is 0.431. The van der Waals surface area contributed by atoms with Gasteiger partial charge in [-0.15, -0.1) is 24.0 Å². The van der Waals surface area contributed by atoms with E-state index in [0.29, 0.717) is 36.3 Å². The predicted octanol–water partition coefficient (Wildman–Crippen LogP) is 3.91. The second-order valence-corrected chi connectivity index (χ2v) is 6.68. The van der Waals surface area contributed by atoms with Gasteiger partial charge in [-0.25, -0.2) is 0 Å². The molecule has 0 aliphatic carbocycles. The lowest BCUT2D eigenvalue weighted by Crippen LogP contribution is -2.50. The van der Waals surface area contributed by atoms with E-state index < -0.39 is 6.61 Å². The Morgan fingerprint density at radius 3 is 2.56 bits per heavy atom. The molecule has 1 aromatic carbocycles. The number of halogens is 5. The molecule has 1 aromatic rings. The number of aliphatic imine (C=N–C) groups is 1. The molecule has 0 unspecified atom stereocenters. The molecule has 10 heteroatoms. The lowest BCUT2D eigenvalue weighted by molar-refractivity contribution is -0.0971. The minimum absolute atomic E-state index is 0. The second-order valence-electron chi connectivity index (χ2n) is 5.84. The molecule has 0 amide bonds. The molecule has 0 saturated carbocycles. The first-order valence-corrected chi connectivity index (χ1v) is 8.03. The average Bonchev–Trinajstić information content (AvgIpc) is 2.48. The van der Waals surface area contributed by atoms with Crippen molar-refractivity contribution >= 4 is 53.1 Å². The molecule has 0 bridgehead atoms. The molecule has 1 saturated heterocycles. The van der Waals surface area contributed by atoms with Crippen molar-refractivity contribution in [2.24, 2.45) is 10.4 Å². The van der Waals surface area contributed by atoms with Crippen molar-refractivity contribution in [1.82, 2.24) is 10.6 Å². The third kappa shape index (κ3) is 6.58. The first-order chi connectivity index (χ1) is 11.3. The first kappa shape index (κ1) is 22.5. The van der Waals surface area contributed by atoms with Gasteiger partial charge in [0.05, 0.1) is 18.2 Å². The Morgan fingerprint density at radius 2 is 2.04 bits per heavy atom. The summed E-state index contributed by atoms with van der Waals surface area (Å²) in [5.41, 5.74) is 0.481. The molecule has 0 spiro atoms. The van der Waals surface area contributed by atoms with Crippen LogP contribution in [0.4, 0.5) is 8.78 Å². The van der Waals surface area contributed by atoms with E-state index in [1.54, 1.807) is 7.05 Å². The molecule has 1 aliphatic heterocycles. The van der Waals surface area contributed by atoms with E-state index in [1.807, 2.05) is 0 Å². The van der Waals surface area contributed by atoms with Crippen molar-refractivity contribution in [3.63, 3.8) is 0 Å². The highest BCUT2D eigenvalue weighted by Gasteiger charge is 2.33. The smallest absolute Gasteiger partial charge is 0.387 e. The van der Waals surface area contributed by atoms with Crippen LogP contribution in [0.1, 0.15) is 12.5 Å². The number of ether oxygens (including phenoxy) is 2. The lowest BCUT2D eigenvalue weighted by Gasteiger charge is -2.38. The fourth-order valence-electron chi connectivity index (χ4n) is 2.22. The van der Waals surface area contributed by atoms with Gasteiger partial charge in [0.1, 0.15) is 5.75 Å². The van der Waals surface area contributed by atoms with E-state index >= 15 is 0 Å². The van der Waals surface area contributed by atoms with Crippen LogP contribution in [0.15, 0.2) is 17.1 Å². The lowest BCUT2D eigenvalue weighted by atomic mass is 9.89. The molecule has 1 aliphatic rings. The molecule has 1 fully saturated rings. The number of alkyl halides is 2. The normalized spacial score (nSPS) is 16.0. The number of rotatable bonds is 6. The molecule has 25 heavy (non-hydrogen) atoms. The molecule has 0 atom stereocenters. The molecule has 0 aromatic heterocycles. The summed E-state index contributed by atoms with van der Waals surface area (Å²) >= 11 is 11.9. The van der Waals surface area contributed by atoms with Crippen LogP contribution in [0.5, 0.6) is 5.75 Å². The summed E-state index contributed by atoms with van der Waals surface area (Å²) in [6, 6.07) is 2.88. The number of nitrogens with zero attached hydrogens (tertiary/aromatic N) is 1. The average molecular weight is 510 g/mol. The Kier molecular flexibility index (Phi) is 8.93. The number of nitrogens with one attached hydrogen (secondary N) is 2. The molecule has 5 nitrogen and oxygen atoms in total. The Bertz CT molecular complexity index is 617. The van der Waals surface area contributed by atoms with E-state index in [9.17, 15) is 8.78 Å². The van der Waals surface area contributed by atoms with Crippen LogP contribution in [0.2, 0.25) is 10.0 Å². The van der Waals surface area contributed by atoms with Crippen LogP contribution in [0.3, 0.4) is 0 Å². The third-order valence-corrected chi connectivity index (χ3v) is 4.04. The maximum Gasteiger partial charge on any atom is 0.387 e. The van der Waals surface area contributed by atoms with E-state index in [2.05, 4.69) is 27.3 Å². The Morgan fingerprint density at radius 1 is 1.36 bits per heavy atom. The topological polar surface area (TPSA) is 54.9 Å². The SMILES string of the molecule is CN=C(NCc1cc(Cl)cc(Cl)c1OC(F)F)NCC1(C)COC1.I.